The van der Waals surface area contributed by atoms with Crippen molar-refractivity contribution in [2.24, 2.45) is 0 Å². The molecule has 0 radical (unpaired) electrons. The van der Waals surface area contributed by atoms with Gasteiger partial charge in [0.25, 0.3) is 5.91 Å². The van der Waals surface area contributed by atoms with E-state index >= 15 is 0 Å². The predicted octanol–water partition coefficient (Wildman–Crippen LogP) is 2.68. The van der Waals surface area contributed by atoms with Crippen LogP contribution in [0.25, 0.3) is 0 Å². The largest absolute Gasteiger partial charge is 0.354 e. The molecule has 2 aromatic rings. The average molecular weight is 389 g/mol. The third kappa shape index (κ3) is 3.44. The molecule has 7 nitrogen and oxygen atoms in total. The van der Waals surface area contributed by atoms with Crippen molar-refractivity contribution in [2.75, 3.05) is 54.9 Å². The van der Waals surface area contributed by atoms with Crippen molar-refractivity contribution >= 4 is 41.5 Å². The number of fused-ring (bicyclic) bond motifs is 2. The Morgan fingerprint density at radius 3 is 2.63 bits per heavy atom. The maximum absolute atomic E-state index is 12.7. The molecule has 1 amide bonds. The molecule has 8 heteroatoms. The summed E-state index contributed by atoms with van der Waals surface area (Å²) >= 11 is 0. The Morgan fingerprint density at radius 1 is 1.19 bits per heavy atom. The molecule has 1 fully saturated rings. The molecular formula is C19H25ClN6O. The SMILES string of the molecule is CCN1c2ncccc2C(=O)Nc2c(C)cc(N3CCN(C)CC3)nc21.Cl. The second-order valence-corrected chi connectivity index (χ2v) is 6.86. The number of likely N-dealkylation sites (N-methyl/N-ethyl adjacent to an activating group) is 1. The lowest BCUT2D eigenvalue weighted by molar-refractivity contribution is 0.102. The quantitative estimate of drug-likeness (QED) is 0.853. The van der Waals surface area contributed by atoms with Crippen molar-refractivity contribution in [1.29, 1.82) is 0 Å². The Kier molecular flexibility index (Phi) is 5.53. The maximum Gasteiger partial charge on any atom is 0.259 e. The van der Waals surface area contributed by atoms with Crippen LogP contribution in [0.5, 0.6) is 0 Å². The highest BCUT2D eigenvalue weighted by atomic mass is 35.5. The van der Waals surface area contributed by atoms with E-state index in [9.17, 15) is 4.79 Å². The van der Waals surface area contributed by atoms with Crippen LogP contribution in [0.2, 0.25) is 0 Å². The van der Waals surface area contributed by atoms with E-state index in [1.165, 1.54) is 0 Å². The van der Waals surface area contributed by atoms with Crippen LogP contribution in [0.3, 0.4) is 0 Å². The molecule has 1 saturated heterocycles. The van der Waals surface area contributed by atoms with E-state index in [1.54, 1.807) is 12.3 Å². The first-order chi connectivity index (χ1) is 12.6. The molecule has 0 aromatic carbocycles. The van der Waals surface area contributed by atoms with Crippen LogP contribution in [-0.4, -0.2) is 60.5 Å². The number of amides is 1. The van der Waals surface area contributed by atoms with Gasteiger partial charge in [0.2, 0.25) is 0 Å². The lowest BCUT2D eigenvalue weighted by atomic mass is 10.2. The fraction of sp³-hybridized carbons (Fsp3) is 0.421. The third-order valence-electron chi connectivity index (χ3n) is 5.11. The zero-order valence-electron chi connectivity index (χ0n) is 15.9. The molecule has 0 unspecified atom stereocenters. The Hall–Kier alpha value is -2.38. The van der Waals surface area contributed by atoms with Crippen LogP contribution in [0.1, 0.15) is 22.8 Å². The highest BCUT2D eigenvalue weighted by Crippen LogP contribution is 2.38. The van der Waals surface area contributed by atoms with Gasteiger partial charge in [-0.3, -0.25) is 4.79 Å². The predicted molar refractivity (Wildman–Crippen MR) is 111 cm³/mol. The summed E-state index contributed by atoms with van der Waals surface area (Å²) in [5, 5.41) is 3.04. The van der Waals surface area contributed by atoms with E-state index < -0.39 is 0 Å². The molecular weight excluding hydrogens is 364 g/mol. The molecule has 4 heterocycles. The number of carbonyl (C=O) groups excluding carboxylic acids is 1. The van der Waals surface area contributed by atoms with E-state index in [1.807, 2.05) is 17.9 Å². The van der Waals surface area contributed by atoms with Crippen LogP contribution in [0.15, 0.2) is 24.4 Å². The minimum absolute atomic E-state index is 0. The number of nitrogens with zero attached hydrogens (tertiary/aromatic N) is 5. The van der Waals surface area contributed by atoms with Crippen LogP contribution in [0, 0.1) is 6.92 Å². The molecule has 27 heavy (non-hydrogen) atoms. The summed E-state index contributed by atoms with van der Waals surface area (Å²) in [7, 11) is 2.14. The standard InChI is InChI=1S/C19H24N6O.ClH/c1-4-25-17-14(6-5-7-20-17)19(26)22-16-13(2)12-15(21-18(16)25)24-10-8-23(3)9-11-24;/h5-7,12H,4,8-11H2,1-3H3,(H,22,26);1H. The van der Waals surface area contributed by atoms with Gasteiger partial charge in [-0.15, -0.1) is 12.4 Å². The van der Waals surface area contributed by atoms with E-state index in [0.717, 1.165) is 49.1 Å². The molecule has 2 aliphatic rings. The Balaban J connectivity index is 0.00000210. The normalized spacial score (nSPS) is 16.8. The topological polar surface area (TPSA) is 64.6 Å². The van der Waals surface area contributed by atoms with Crippen LogP contribution >= 0.6 is 12.4 Å². The van der Waals surface area contributed by atoms with Gasteiger partial charge in [0.15, 0.2) is 5.82 Å². The summed E-state index contributed by atoms with van der Waals surface area (Å²) in [6.45, 7) is 8.72. The summed E-state index contributed by atoms with van der Waals surface area (Å²) < 4.78 is 0. The molecule has 2 aliphatic heterocycles. The number of nitrogens with one attached hydrogen (secondary N) is 1. The van der Waals surface area contributed by atoms with Crippen LogP contribution in [-0.2, 0) is 0 Å². The number of halogens is 1. The van der Waals surface area contributed by atoms with E-state index in [0.29, 0.717) is 17.9 Å². The highest BCUT2D eigenvalue weighted by Gasteiger charge is 2.29. The maximum atomic E-state index is 12.7. The first-order valence-electron chi connectivity index (χ1n) is 9.07. The summed E-state index contributed by atoms with van der Waals surface area (Å²) in [5.41, 5.74) is 2.36. The van der Waals surface area contributed by atoms with Gasteiger partial charge in [0.05, 0.1) is 11.3 Å². The minimum atomic E-state index is -0.137. The molecule has 0 bridgehead atoms. The third-order valence-corrected chi connectivity index (χ3v) is 5.11. The molecule has 0 aliphatic carbocycles. The first kappa shape index (κ1) is 19.4. The minimum Gasteiger partial charge on any atom is -0.354 e. The van der Waals surface area contributed by atoms with E-state index in [2.05, 4.69) is 40.1 Å². The number of aromatic nitrogens is 2. The summed E-state index contributed by atoms with van der Waals surface area (Å²) in [4.78, 5) is 28.8. The average Bonchev–Trinajstić information content (AvgIpc) is 2.77. The lowest BCUT2D eigenvalue weighted by Crippen LogP contribution is -2.45. The van der Waals surface area contributed by atoms with Gasteiger partial charge in [-0.05, 0) is 44.7 Å². The van der Waals surface area contributed by atoms with E-state index in [4.69, 9.17) is 4.98 Å². The number of hydrogen-bond donors (Lipinski definition) is 1. The molecule has 144 valence electrons. The molecule has 0 atom stereocenters. The zero-order valence-corrected chi connectivity index (χ0v) is 16.7. The summed E-state index contributed by atoms with van der Waals surface area (Å²) in [6.07, 6.45) is 1.72. The van der Waals surface area contributed by atoms with E-state index in [-0.39, 0.29) is 18.3 Å². The van der Waals surface area contributed by atoms with Gasteiger partial charge < -0.3 is 20.0 Å². The zero-order chi connectivity index (χ0) is 18.3. The van der Waals surface area contributed by atoms with Gasteiger partial charge in [0, 0.05) is 38.9 Å². The number of aryl methyl sites for hydroxylation is 1. The highest BCUT2D eigenvalue weighted by molar-refractivity contribution is 6.11. The number of carbonyl (C=O) groups is 1. The Bertz CT molecular complexity index is 850. The number of anilines is 4. The lowest BCUT2D eigenvalue weighted by Gasteiger charge is -2.34. The number of rotatable bonds is 2. The van der Waals surface area contributed by atoms with Crippen molar-refractivity contribution in [2.45, 2.75) is 13.8 Å². The monoisotopic (exact) mass is 388 g/mol. The second kappa shape index (κ2) is 7.70. The van der Waals surface area contributed by atoms with Crippen LogP contribution < -0.4 is 15.1 Å². The van der Waals surface area contributed by atoms with Crippen molar-refractivity contribution in [3.8, 4) is 0 Å². The van der Waals surface area contributed by atoms with Gasteiger partial charge >= 0.3 is 0 Å². The fourth-order valence-electron chi connectivity index (χ4n) is 3.56. The molecule has 1 N–H and O–H groups in total. The van der Waals surface area contributed by atoms with Crippen molar-refractivity contribution in [3.63, 3.8) is 0 Å². The first-order valence-corrected chi connectivity index (χ1v) is 9.07. The summed E-state index contributed by atoms with van der Waals surface area (Å²) in [5.74, 6) is 2.25. The molecule has 0 spiro atoms. The molecule has 0 saturated carbocycles. The Labute approximate surface area is 165 Å². The van der Waals surface area contributed by atoms with Crippen LogP contribution in [0.4, 0.5) is 23.1 Å². The molecule has 4 rings (SSSR count). The number of piperazine rings is 1. The summed E-state index contributed by atoms with van der Waals surface area (Å²) in [6, 6.07) is 5.67. The van der Waals surface area contributed by atoms with Gasteiger partial charge in [-0.25, -0.2) is 9.97 Å². The number of pyridine rings is 2. The van der Waals surface area contributed by atoms with Crippen molar-refractivity contribution < 1.29 is 4.79 Å². The number of hydrogen-bond acceptors (Lipinski definition) is 6. The van der Waals surface area contributed by atoms with Gasteiger partial charge in [0.1, 0.15) is 11.6 Å². The van der Waals surface area contributed by atoms with Crippen molar-refractivity contribution in [1.82, 2.24) is 14.9 Å². The fourth-order valence-corrected chi connectivity index (χ4v) is 3.56. The van der Waals surface area contributed by atoms with Crippen molar-refractivity contribution in [3.05, 3.63) is 35.5 Å². The second-order valence-electron chi connectivity index (χ2n) is 6.86. The molecule has 2 aromatic heterocycles. The Morgan fingerprint density at radius 2 is 1.93 bits per heavy atom. The van der Waals surface area contributed by atoms with Gasteiger partial charge in [-0.1, -0.05) is 0 Å². The van der Waals surface area contributed by atoms with Gasteiger partial charge in [-0.2, -0.15) is 0 Å². The smallest absolute Gasteiger partial charge is 0.259 e.